The second kappa shape index (κ2) is 7.50. The topological polar surface area (TPSA) is 84.7 Å². The molecular formula is C19H17ClF3N3O4. The molecule has 160 valence electrons. The summed E-state index contributed by atoms with van der Waals surface area (Å²) in [5.41, 5.74) is -1.09. The first-order chi connectivity index (χ1) is 14.1. The minimum Gasteiger partial charge on any atom is -0.490 e. The molecule has 1 aliphatic heterocycles. The number of benzene rings is 1. The van der Waals surface area contributed by atoms with Crippen molar-refractivity contribution in [3.05, 3.63) is 46.7 Å². The average molecular weight is 444 g/mol. The van der Waals surface area contributed by atoms with E-state index in [-0.39, 0.29) is 28.3 Å². The Morgan fingerprint density at radius 1 is 1.17 bits per heavy atom. The Morgan fingerprint density at radius 2 is 1.83 bits per heavy atom. The smallest absolute Gasteiger partial charge is 0.419 e. The van der Waals surface area contributed by atoms with Crippen LogP contribution in [0.15, 0.2) is 30.5 Å². The number of carboxylic acid groups (broad SMARTS) is 1. The number of carbonyl (C=O) groups excluding carboxylic acids is 1. The van der Waals surface area contributed by atoms with E-state index in [1.165, 1.54) is 24.4 Å². The Balaban J connectivity index is 1.40. The van der Waals surface area contributed by atoms with Gasteiger partial charge in [-0.25, -0.2) is 9.59 Å². The first-order valence-electron chi connectivity index (χ1n) is 9.23. The first kappa shape index (κ1) is 20.5. The third kappa shape index (κ3) is 3.96. The van der Waals surface area contributed by atoms with Crippen LogP contribution in [0.4, 0.5) is 18.0 Å². The maximum Gasteiger partial charge on any atom is 0.419 e. The van der Waals surface area contributed by atoms with Crippen molar-refractivity contribution in [1.29, 1.82) is 0 Å². The van der Waals surface area contributed by atoms with Gasteiger partial charge in [-0.2, -0.15) is 23.0 Å². The zero-order chi connectivity index (χ0) is 21.6. The fourth-order valence-electron chi connectivity index (χ4n) is 4.19. The minimum absolute atomic E-state index is 0.0852. The monoisotopic (exact) mass is 443 g/mol. The molecule has 2 heterocycles. The van der Waals surface area contributed by atoms with Gasteiger partial charge in [0.15, 0.2) is 5.69 Å². The number of fused-ring (bicyclic) bond motifs is 1. The summed E-state index contributed by atoms with van der Waals surface area (Å²) in [4.78, 5) is 25.0. The van der Waals surface area contributed by atoms with Crippen molar-refractivity contribution < 1.29 is 32.6 Å². The normalized spacial score (nSPS) is 23.5. The number of aromatic nitrogens is 2. The first-order valence-corrected chi connectivity index (χ1v) is 9.61. The van der Waals surface area contributed by atoms with E-state index in [1.54, 1.807) is 4.90 Å². The average Bonchev–Trinajstić information content (AvgIpc) is 3.34. The third-order valence-corrected chi connectivity index (χ3v) is 5.76. The molecular weight excluding hydrogens is 427 g/mol. The Hall–Kier alpha value is -2.75. The highest BCUT2D eigenvalue weighted by Crippen LogP contribution is 2.43. The SMILES string of the molecule is O=C(O)c1ccn(C(=O)N2C[C@H]3CC(Oc4cc(Cl)ccc4C(F)(F)F)C[C@H]3C2)n1. The zero-order valence-corrected chi connectivity index (χ0v) is 16.2. The van der Waals surface area contributed by atoms with Gasteiger partial charge in [-0.3, -0.25) is 0 Å². The maximum atomic E-state index is 13.2. The summed E-state index contributed by atoms with van der Waals surface area (Å²) < 4.78 is 46.3. The van der Waals surface area contributed by atoms with E-state index in [2.05, 4.69) is 5.10 Å². The number of carboxylic acids is 1. The van der Waals surface area contributed by atoms with E-state index in [4.69, 9.17) is 21.4 Å². The van der Waals surface area contributed by atoms with Gasteiger partial charge >= 0.3 is 18.2 Å². The van der Waals surface area contributed by atoms with Crippen LogP contribution >= 0.6 is 11.6 Å². The van der Waals surface area contributed by atoms with Gasteiger partial charge < -0.3 is 14.7 Å². The number of hydrogen-bond acceptors (Lipinski definition) is 4. The Labute approximate surface area is 174 Å². The molecule has 1 aromatic carbocycles. The van der Waals surface area contributed by atoms with E-state index in [9.17, 15) is 22.8 Å². The second-order valence-corrected chi connectivity index (χ2v) is 7.94. The maximum absolute atomic E-state index is 13.2. The zero-order valence-electron chi connectivity index (χ0n) is 15.5. The van der Waals surface area contributed by atoms with Crippen molar-refractivity contribution in [2.24, 2.45) is 11.8 Å². The molecule has 1 N–H and O–H groups in total. The van der Waals surface area contributed by atoms with Gasteiger partial charge in [0, 0.05) is 24.3 Å². The fourth-order valence-corrected chi connectivity index (χ4v) is 4.36. The lowest BCUT2D eigenvalue weighted by molar-refractivity contribution is -0.139. The van der Waals surface area contributed by atoms with Crippen molar-refractivity contribution in [2.75, 3.05) is 13.1 Å². The van der Waals surface area contributed by atoms with Crippen LogP contribution in [0.5, 0.6) is 5.75 Å². The number of amides is 1. The number of likely N-dealkylation sites (tertiary alicyclic amines) is 1. The van der Waals surface area contributed by atoms with Crippen LogP contribution in [0.1, 0.15) is 28.9 Å². The van der Waals surface area contributed by atoms with Crippen molar-refractivity contribution >= 4 is 23.6 Å². The Bertz CT molecular complexity index is 980. The molecule has 11 heteroatoms. The molecule has 1 aliphatic carbocycles. The van der Waals surface area contributed by atoms with E-state index >= 15 is 0 Å². The van der Waals surface area contributed by atoms with Gasteiger partial charge in [0.1, 0.15) is 5.75 Å². The molecule has 7 nitrogen and oxygen atoms in total. The number of aromatic carboxylic acids is 1. The molecule has 1 saturated heterocycles. The summed E-state index contributed by atoms with van der Waals surface area (Å²) >= 11 is 5.85. The van der Waals surface area contributed by atoms with Crippen LogP contribution in [0.3, 0.4) is 0 Å². The lowest BCUT2D eigenvalue weighted by atomic mass is 10.0. The summed E-state index contributed by atoms with van der Waals surface area (Å²) in [5, 5.41) is 12.8. The Morgan fingerprint density at radius 3 is 2.40 bits per heavy atom. The molecule has 0 bridgehead atoms. The van der Waals surface area contributed by atoms with E-state index in [1.807, 2.05) is 0 Å². The highest BCUT2D eigenvalue weighted by Gasteiger charge is 2.44. The molecule has 1 unspecified atom stereocenters. The van der Waals surface area contributed by atoms with Crippen LogP contribution in [0.25, 0.3) is 0 Å². The molecule has 2 aromatic rings. The summed E-state index contributed by atoms with van der Waals surface area (Å²) in [6, 6.07) is 4.07. The number of halogens is 4. The van der Waals surface area contributed by atoms with Crippen LogP contribution < -0.4 is 4.74 Å². The number of hydrogen-bond donors (Lipinski definition) is 1. The standard InChI is InChI=1S/C19H17ClF3N3O4/c20-12-1-2-14(19(21,22)23)16(7-12)30-13-5-10-8-25(9-11(10)6-13)18(29)26-4-3-15(24-26)17(27)28/h1-4,7,10-11,13H,5-6,8-9H2,(H,27,28)/t10-,11+,13?. The quantitative estimate of drug-likeness (QED) is 0.774. The van der Waals surface area contributed by atoms with Gasteiger partial charge in [0.2, 0.25) is 0 Å². The fraction of sp³-hybridized carbons (Fsp3) is 0.421. The summed E-state index contributed by atoms with van der Waals surface area (Å²) in [7, 11) is 0. The van der Waals surface area contributed by atoms with Crippen molar-refractivity contribution in [3.63, 3.8) is 0 Å². The molecule has 3 atom stereocenters. The van der Waals surface area contributed by atoms with Crippen molar-refractivity contribution in [2.45, 2.75) is 25.1 Å². The van der Waals surface area contributed by atoms with Crippen molar-refractivity contribution in [3.8, 4) is 5.75 Å². The van der Waals surface area contributed by atoms with Crippen LogP contribution in [-0.2, 0) is 6.18 Å². The number of carbonyl (C=O) groups is 2. The van der Waals surface area contributed by atoms with E-state index < -0.39 is 29.8 Å². The predicted molar refractivity (Wildman–Crippen MR) is 98.6 cm³/mol. The molecule has 1 saturated carbocycles. The van der Waals surface area contributed by atoms with Crippen molar-refractivity contribution in [1.82, 2.24) is 14.7 Å². The van der Waals surface area contributed by atoms with Gasteiger partial charge in [-0.05, 0) is 48.9 Å². The van der Waals surface area contributed by atoms with Crippen LogP contribution in [0.2, 0.25) is 5.02 Å². The Kier molecular flexibility index (Phi) is 5.13. The predicted octanol–water partition coefficient (Wildman–Crippen LogP) is 4.01. The summed E-state index contributed by atoms with van der Waals surface area (Å²) in [5.74, 6) is -1.34. The molecule has 1 amide bonds. The summed E-state index contributed by atoms with van der Waals surface area (Å²) in [6.45, 7) is 0.820. The number of ether oxygens (including phenoxy) is 1. The number of rotatable bonds is 3. The van der Waals surface area contributed by atoms with Crippen LogP contribution in [-0.4, -0.2) is 51.0 Å². The molecule has 4 rings (SSSR count). The minimum atomic E-state index is -4.55. The number of nitrogens with zero attached hydrogens (tertiary/aromatic N) is 3. The van der Waals surface area contributed by atoms with Crippen LogP contribution in [0, 0.1) is 11.8 Å². The summed E-state index contributed by atoms with van der Waals surface area (Å²) in [6.07, 6.45) is -2.63. The molecule has 1 aromatic heterocycles. The van der Waals surface area contributed by atoms with E-state index in [0.29, 0.717) is 25.9 Å². The molecule has 0 spiro atoms. The van der Waals surface area contributed by atoms with Gasteiger partial charge in [-0.15, -0.1) is 0 Å². The second-order valence-electron chi connectivity index (χ2n) is 7.51. The van der Waals surface area contributed by atoms with E-state index in [0.717, 1.165) is 10.7 Å². The molecule has 2 fully saturated rings. The molecule has 0 radical (unpaired) electrons. The lowest BCUT2D eigenvalue weighted by Gasteiger charge is -2.21. The van der Waals surface area contributed by atoms with Gasteiger partial charge in [0.05, 0.1) is 11.7 Å². The number of alkyl halides is 3. The third-order valence-electron chi connectivity index (χ3n) is 5.53. The largest absolute Gasteiger partial charge is 0.490 e. The highest BCUT2D eigenvalue weighted by molar-refractivity contribution is 6.30. The highest BCUT2D eigenvalue weighted by atomic mass is 35.5. The lowest BCUT2D eigenvalue weighted by Crippen LogP contribution is -2.34. The van der Waals surface area contributed by atoms with Gasteiger partial charge in [-0.1, -0.05) is 11.6 Å². The molecule has 30 heavy (non-hydrogen) atoms. The van der Waals surface area contributed by atoms with Gasteiger partial charge in [0.25, 0.3) is 0 Å². The molecule has 2 aliphatic rings.